The Balaban J connectivity index is 1.71. The lowest BCUT2D eigenvalue weighted by Crippen LogP contribution is -2.61. The number of primary amides is 1. The number of guanidine groups is 1. The predicted molar refractivity (Wildman–Crippen MR) is 276 cm³/mol. The molecule has 2 heterocycles. The molecule has 28 nitrogen and oxygen atoms in total. The van der Waals surface area contributed by atoms with Crippen LogP contribution in [0.15, 0.2) is 24.2 Å². The number of carbonyl (C=O) groups is 9. The molecule has 0 unspecified atom stereocenters. The number of aliphatic hydroxyl groups excluding tert-OH is 1. The van der Waals surface area contributed by atoms with Crippen molar-refractivity contribution >= 4 is 59.0 Å². The molecule has 2 fully saturated rings. The van der Waals surface area contributed by atoms with Crippen molar-refractivity contribution in [1.29, 1.82) is 5.41 Å². The van der Waals surface area contributed by atoms with Gasteiger partial charge in [0.05, 0.1) is 31.1 Å². The number of rotatable bonds is 37. The zero-order valence-electron chi connectivity index (χ0n) is 42.7. The van der Waals surface area contributed by atoms with Gasteiger partial charge >= 0.3 is 0 Å². The number of nitrogens with two attached hydrogens (primary N) is 7. The Hall–Kier alpha value is -6.59. The molecule has 1 saturated carbocycles. The fraction of sp³-hybridized carbons (Fsp3) is 0.681. The number of aromatic amines is 1. The first-order chi connectivity index (χ1) is 35.8. The molecule has 3 rings (SSSR count). The van der Waals surface area contributed by atoms with Crippen molar-refractivity contribution in [3.8, 4) is 0 Å². The number of nitrogens with one attached hydrogen (secondary N) is 9. The smallest absolute Gasteiger partial charge is 0.245 e. The van der Waals surface area contributed by atoms with Gasteiger partial charge in [0.15, 0.2) is 11.7 Å². The average molecular weight is 1060 g/mol. The number of nitrogens with zero attached hydrogens (tertiary/aromatic N) is 2. The van der Waals surface area contributed by atoms with E-state index in [4.69, 9.17) is 45.5 Å². The maximum absolute atomic E-state index is 14.3. The summed E-state index contributed by atoms with van der Waals surface area (Å²) < 4.78 is 0. The SMILES string of the molecule is N=C(N)NCC/C=C(\CCC(=O)[C@H](CCCCN)NC(=O)[C@H](Cc1cnc[nH]1)NC(=O)[C@@H]1CCCN1C(=O)[C@@H](CCCN)NC(=O)CNC(=O)[C@@H](NC(=O)[C@@H](NC(=O)[C@@H](N)CCCCN)[C@@H](O)CN)C1CC1)C(N)=O. The summed E-state index contributed by atoms with van der Waals surface area (Å²) in [6.07, 6.45) is 7.81. The third-order valence-corrected chi connectivity index (χ3v) is 12.8. The molecule has 1 aromatic heterocycles. The van der Waals surface area contributed by atoms with Crippen LogP contribution < -0.4 is 77.4 Å². The Kier molecular flexibility index (Phi) is 27.9. The van der Waals surface area contributed by atoms with Crippen molar-refractivity contribution in [2.45, 2.75) is 151 Å². The molecule has 75 heavy (non-hydrogen) atoms. The fourth-order valence-electron chi connectivity index (χ4n) is 8.43. The normalized spacial score (nSPS) is 17.2. The number of likely N-dealkylation sites (tertiary alicyclic amines) is 1. The number of aliphatic hydroxyl groups is 1. The number of amides is 8. The summed E-state index contributed by atoms with van der Waals surface area (Å²) >= 11 is 0. The standard InChI is InChI=1S/C47H82N18O10/c48-17-3-1-9-30(52)41(70)64-39(36(67)23-51)45(74)63-38(27-13-14-27)44(73)58-25-37(68)60-32(11-5-19-50)46(75)65-21-7-12-34(65)43(72)62-33(22-29-24-56-26-59-29)42(71)61-31(10-2-4-18-49)35(66)16-15-28(40(53)69)8-6-20-57-47(54)55/h8,24,26-27,30-34,36,38-39,67H,1-7,9-23,25,48-52H2,(H2,53,69)(H,56,59)(H,58,73)(H,60,68)(H,61,71)(H,62,72)(H,63,74)(H,64,70)(H4,54,55,57)/b28-8+/t30-,31-,32+,33-,34-,36-,38-,39-/m0/s1. The van der Waals surface area contributed by atoms with Crippen LogP contribution in [0.2, 0.25) is 0 Å². The van der Waals surface area contributed by atoms with Crippen LogP contribution >= 0.6 is 0 Å². The molecular formula is C47H82N18O10. The van der Waals surface area contributed by atoms with E-state index in [9.17, 15) is 48.3 Å². The second-order valence-electron chi connectivity index (χ2n) is 18.8. The zero-order valence-corrected chi connectivity index (χ0v) is 42.7. The average Bonchev–Trinajstić information content (AvgIpc) is 3.85. The maximum Gasteiger partial charge on any atom is 0.245 e. The summed E-state index contributed by atoms with van der Waals surface area (Å²) in [6, 6.07) is -8.22. The van der Waals surface area contributed by atoms with E-state index in [1.165, 1.54) is 17.4 Å². The van der Waals surface area contributed by atoms with E-state index in [1.807, 2.05) is 0 Å². The Morgan fingerprint density at radius 2 is 1.45 bits per heavy atom. The van der Waals surface area contributed by atoms with Crippen LogP contribution in [-0.4, -0.2) is 173 Å². The van der Waals surface area contributed by atoms with Gasteiger partial charge in [0.25, 0.3) is 0 Å². The molecule has 0 bridgehead atoms. The van der Waals surface area contributed by atoms with Gasteiger partial charge < -0.3 is 92.3 Å². The van der Waals surface area contributed by atoms with E-state index in [0.717, 1.165) is 0 Å². The van der Waals surface area contributed by atoms with Crippen LogP contribution in [0.25, 0.3) is 0 Å². The van der Waals surface area contributed by atoms with Crippen LogP contribution in [0.1, 0.15) is 102 Å². The number of unbranched alkanes of at least 4 members (excludes halogenated alkanes) is 2. The van der Waals surface area contributed by atoms with Gasteiger partial charge in [-0.3, -0.25) is 48.6 Å². The van der Waals surface area contributed by atoms with Gasteiger partial charge in [0.2, 0.25) is 47.3 Å². The number of Topliss-reactive ketones (excluding diaryl/α,β-unsaturated/α-hetero) is 1. The number of imidazole rings is 1. The molecule has 24 N–H and O–H groups in total. The minimum atomic E-state index is -1.54. The van der Waals surface area contributed by atoms with Crippen LogP contribution in [0.4, 0.5) is 0 Å². The Bertz CT molecular complexity index is 2090. The quantitative estimate of drug-likeness (QED) is 0.0128. The van der Waals surface area contributed by atoms with Crippen LogP contribution in [-0.2, 0) is 49.6 Å². The van der Waals surface area contributed by atoms with Crippen molar-refractivity contribution in [2.24, 2.45) is 46.1 Å². The highest BCUT2D eigenvalue weighted by atomic mass is 16.3. The lowest BCUT2D eigenvalue weighted by Gasteiger charge is -2.30. The van der Waals surface area contributed by atoms with Gasteiger partial charge in [-0.25, -0.2) is 4.98 Å². The Labute approximate surface area is 436 Å². The van der Waals surface area contributed by atoms with Crippen LogP contribution in [0.5, 0.6) is 0 Å². The number of H-pyrrole nitrogens is 1. The maximum atomic E-state index is 14.3. The van der Waals surface area contributed by atoms with E-state index < -0.39 is 109 Å². The predicted octanol–water partition coefficient (Wildman–Crippen LogP) is -5.83. The highest BCUT2D eigenvalue weighted by Gasteiger charge is 2.42. The first-order valence-electron chi connectivity index (χ1n) is 25.7. The van der Waals surface area contributed by atoms with Gasteiger partial charge in [-0.2, -0.15) is 0 Å². The molecule has 1 aromatic rings. The molecule has 8 atom stereocenters. The van der Waals surface area contributed by atoms with E-state index in [2.05, 4.69) is 47.2 Å². The highest BCUT2D eigenvalue weighted by Crippen LogP contribution is 2.33. The molecule has 1 aliphatic carbocycles. The topological polar surface area (TPSA) is 496 Å². The molecule has 420 valence electrons. The monoisotopic (exact) mass is 1060 g/mol. The first-order valence-corrected chi connectivity index (χ1v) is 25.7. The van der Waals surface area contributed by atoms with Gasteiger partial charge in [-0.05, 0) is 109 Å². The Morgan fingerprint density at radius 1 is 0.773 bits per heavy atom. The largest absolute Gasteiger partial charge is 0.389 e. The molecule has 2 aliphatic rings. The van der Waals surface area contributed by atoms with Gasteiger partial charge in [-0.1, -0.05) is 12.5 Å². The molecule has 1 saturated heterocycles. The summed E-state index contributed by atoms with van der Waals surface area (Å²) in [7, 11) is 0. The second kappa shape index (κ2) is 33.4. The number of hydrogen-bond donors (Lipinski definition) is 17. The summed E-state index contributed by atoms with van der Waals surface area (Å²) in [4.78, 5) is 130. The summed E-state index contributed by atoms with van der Waals surface area (Å²) in [5, 5.41) is 36.2. The van der Waals surface area contributed by atoms with Crippen molar-refractivity contribution < 1.29 is 48.3 Å². The van der Waals surface area contributed by atoms with Crippen LogP contribution in [0, 0.1) is 11.3 Å². The molecular weight excluding hydrogens is 977 g/mol. The minimum absolute atomic E-state index is 0.0152. The molecule has 1 aliphatic heterocycles. The van der Waals surface area contributed by atoms with Crippen LogP contribution in [0.3, 0.4) is 0 Å². The summed E-state index contributed by atoms with van der Waals surface area (Å²) in [5.74, 6) is -6.72. The molecule has 0 radical (unpaired) electrons. The van der Waals surface area contributed by atoms with Gasteiger partial charge in [0, 0.05) is 49.9 Å². The number of carbonyl (C=O) groups excluding carboxylic acids is 9. The van der Waals surface area contributed by atoms with Crippen molar-refractivity contribution in [3.63, 3.8) is 0 Å². The zero-order chi connectivity index (χ0) is 55.5. The number of ketones is 1. The van der Waals surface area contributed by atoms with E-state index >= 15 is 0 Å². The lowest BCUT2D eigenvalue weighted by molar-refractivity contribution is -0.142. The summed E-state index contributed by atoms with van der Waals surface area (Å²) in [5.41, 5.74) is 40.2. The van der Waals surface area contributed by atoms with E-state index in [0.29, 0.717) is 76.6 Å². The van der Waals surface area contributed by atoms with Crippen molar-refractivity contribution in [2.75, 3.05) is 45.8 Å². The Morgan fingerprint density at radius 3 is 2.07 bits per heavy atom. The van der Waals surface area contributed by atoms with E-state index in [-0.39, 0.29) is 87.8 Å². The highest BCUT2D eigenvalue weighted by molar-refractivity contribution is 5.98. The number of hydrogen-bond acceptors (Lipinski definition) is 17. The minimum Gasteiger partial charge on any atom is -0.389 e. The third kappa shape index (κ3) is 22.0. The second-order valence-corrected chi connectivity index (χ2v) is 18.8. The third-order valence-electron chi connectivity index (χ3n) is 12.8. The van der Waals surface area contributed by atoms with E-state index in [1.54, 1.807) is 6.08 Å². The first kappa shape index (κ1) is 62.7. The molecule has 28 heteroatoms. The molecule has 0 spiro atoms. The van der Waals surface area contributed by atoms with Crippen molar-refractivity contribution in [3.05, 3.63) is 29.9 Å². The van der Waals surface area contributed by atoms with Gasteiger partial charge in [-0.15, -0.1) is 0 Å². The lowest BCUT2D eigenvalue weighted by atomic mass is 9.98. The van der Waals surface area contributed by atoms with Crippen molar-refractivity contribution in [1.82, 2.24) is 52.1 Å². The molecule has 8 amide bonds. The summed E-state index contributed by atoms with van der Waals surface area (Å²) in [6.45, 7) is 0.293. The number of aromatic nitrogens is 2. The fourth-order valence-corrected chi connectivity index (χ4v) is 8.43. The molecule has 0 aromatic carbocycles. The van der Waals surface area contributed by atoms with Gasteiger partial charge in [0.1, 0.15) is 30.2 Å².